The zero-order valence-corrected chi connectivity index (χ0v) is 29.0. The number of amides is 1. The van der Waals surface area contributed by atoms with Crippen LogP contribution in [0.5, 0.6) is 0 Å². The highest BCUT2D eigenvalue weighted by molar-refractivity contribution is 5.86. The maximum atomic E-state index is 13.1. The molecule has 5 fully saturated rings. The van der Waals surface area contributed by atoms with E-state index in [0.29, 0.717) is 0 Å². The Bertz CT molecular complexity index is 1200. The minimum absolute atomic E-state index is 0.0127. The van der Waals surface area contributed by atoms with Gasteiger partial charge in [0.25, 0.3) is 5.91 Å². The number of ether oxygens (including phenoxy) is 6. The molecule has 2 aliphatic carbocycles. The number of aliphatic hydroxyl groups is 9. The van der Waals surface area contributed by atoms with Crippen molar-refractivity contribution < 1.29 is 79.2 Å². The van der Waals surface area contributed by atoms with Gasteiger partial charge < -0.3 is 114 Å². The highest BCUT2D eigenvalue weighted by Gasteiger charge is 2.56. The van der Waals surface area contributed by atoms with Gasteiger partial charge in [0.1, 0.15) is 78.8 Å². The second-order valence-electron chi connectivity index (χ2n) is 14.6. The molecule has 0 bridgehead atoms. The van der Waals surface area contributed by atoms with Crippen LogP contribution in [0.3, 0.4) is 0 Å². The van der Waals surface area contributed by atoms with Gasteiger partial charge in [-0.2, -0.15) is 0 Å². The van der Waals surface area contributed by atoms with Gasteiger partial charge in [-0.25, -0.2) is 0 Å². The van der Waals surface area contributed by atoms with E-state index in [2.05, 4.69) is 10.6 Å². The molecule has 0 aromatic rings. The lowest BCUT2D eigenvalue weighted by molar-refractivity contribution is -0.308. The fourth-order valence-corrected chi connectivity index (χ4v) is 7.44. The van der Waals surface area contributed by atoms with Crippen molar-refractivity contribution in [3.8, 4) is 0 Å². The highest BCUT2D eigenvalue weighted by atomic mass is 16.8. The SMILES string of the molecule is NC[C@@H]1O[C@H](O[C@H]2[C@@H](O)[C@H](O[C@@H]3[C@@H](O)[C@H](NC(=O)C4(O)CC(N)C4)C[C@H](N)[C@H]3O[C@H]3O[C@H](CNCCO)[C@@H](O)[C@H](O)[C@H]3N)O[C@@H]2CO)[C@H](N)[C@@H](O)[C@@H]1O. The van der Waals surface area contributed by atoms with Crippen molar-refractivity contribution in [3.05, 3.63) is 0 Å². The summed E-state index contributed by atoms with van der Waals surface area (Å²) in [5.74, 6) is -0.806. The molecule has 3 aliphatic heterocycles. The summed E-state index contributed by atoms with van der Waals surface area (Å²) in [7, 11) is 0. The Morgan fingerprint density at radius 2 is 1.26 bits per heavy atom. The number of nitrogens with one attached hydrogen (secondary N) is 2. The topological polar surface area (TPSA) is 409 Å². The van der Waals surface area contributed by atoms with Crippen LogP contribution in [0.4, 0.5) is 0 Å². The molecule has 21 N–H and O–H groups in total. The molecule has 0 unspecified atom stereocenters. The largest absolute Gasteiger partial charge is 0.395 e. The van der Waals surface area contributed by atoms with Crippen molar-refractivity contribution in [2.45, 2.75) is 147 Å². The molecule has 0 spiro atoms. The van der Waals surface area contributed by atoms with Crippen LogP contribution in [0.25, 0.3) is 0 Å². The van der Waals surface area contributed by atoms with Gasteiger partial charge in [-0.05, 0) is 6.42 Å². The standard InChI is InChI=1S/C30H57N7O16/c31-6-12-18(41)20(43)15(34)26(48-12)52-24-14(8-39)50-28(22(24)45)53-25-17(40)11(37-29(46)30(47)4-9(32)5-30)3-10(33)23(25)51-27-16(35)21(44)19(42)13(49-27)7-36-1-2-38/h9-28,36,38-45,47H,1-8,31-35H2,(H,37,46)/t9?,10-,11+,12-,13+,14+,15+,16+,17-,18+,19+,20+,21+,22+,23+,24+,25+,26+,27+,28-,30?/m0/s1. The number of hydrogen-bond acceptors (Lipinski definition) is 22. The molecule has 0 aromatic carbocycles. The lowest BCUT2D eigenvalue weighted by Crippen LogP contribution is -2.70. The molecule has 1 amide bonds. The minimum Gasteiger partial charge on any atom is -0.395 e. The summed E-state index contributed by atoms with van der Waals surface area (Å²) in [6.07, 6.45) is -21.8. The number of rotatable bonds is 14. The van der Waals surface area contributed by atoms with Crippen molar-refractivity contribution >= 4 is 5.91 Å². The van der Waals surface area contributed by atoms with Crippen LogP contribution in [-0.2, 0) is 33.2 Å². The lowest BCUT2D eigenvalue weighted by Gasteiger charge is -2.48. The molecular formula is C30H57N7O16. The van der Waals surface area contributed by atoms with Gasteiger partial charge in [0, 0.05) is 44.6 Å². The van der Waals surface area contributed by atoms with E-state index in [1.807, 2.05) is 0 Å². The van der Waals surface area contributed by atoms with Gasteiger partial charge in [0.15, 0.2) is 18.9 Å². The van der Waals surface area contributed by atoms with Crippen LogP contribution in [0, 0.1) is 0 Å². The first-order chi connectivity index (χ1) is 25.0. The number of hydrogen-bond donors (Lipinski definition) is 16. The predicted molar refractivity (Wildman–Crippen MR) is 175 cm³/mol. The molecule has 308 valence electrons. The Kier molecular flexibility index (Phi) is 14.4. The van der Waals surface area contributed by atoms with Crippen molar-refractivity contribution in [2.24, 2.45) is 28.7 Å². The van der Waals surface area contributed by atoms with E-state index in [1.165, 1.54) is 0 Å². The Morgan fingerprint density at radius 1 is 0.717 bits per heavy atom. The molecule has 19 atom stereocenters. The normalized spacial score (nSPS) is 50.5. The fraction of sp³-hybridized carbons (Fsp3) is 0.967. The summed E-state index contributed by atoms with van der Waals surface area (Å²) in [5.41, 5.74) is 28.4. The summed E-state index contributed by atoms with van der Waals surface area (Å²) < 4.78 is 35.4. The second kappa shape index (κ2) is 17.8. The van der Waals surface area contributed by atoms with Gasteiger partial charge in [-0.1, -0.05) is 0 Å². The molecule has 5 rings (SSSR count). The number of carbonyl (C=O) groups excluding carboxylic acids is 1. The first-order valence-electron chi connectivity index (χ1n) is 17.7. The Labute approximate surface area is 304 Å². The number of carbonyl (C=O) groups is 1. The number of aliphatic hydroxyl groups excluding tert-OH is 8. The molecule has 5 aliphatic rings. The monoisotopic (exact) mass is 771 g/mol. The summed E-state index contributed by atoms with van der Waals surface area (Å²) in [5, 5.41) is 101. The smallest absolute Gasteiger partial charge is 0.252 e. The third-order valence-electron chi connectivity index (χ3n) is 10.7. The average molecular weight is 772 g/mol. The molecule has 2 saturated carbocycles. The van der Waals surface area contributed by atoms with Crippen LogP contribution < -0.4 is 39.3 Å². The fourth-order valence-electron chi connectivity index (χ4n) is 7.44. The number of nitrogens with two attached hydrogens (primary N) is 5. The van der Waals surface area contributed by atoms with Gasteiger partial charge in [-0.3, -0.25) is 4.79 Å². The van der Waals surface area contributed by atoms with Crippen LogP contribution in [-0.4, -0.2) is 213 Å². The van der Waals surface area contributed by atoms with Crippen LogP contribution in [0.15, 0.2) is 0 Å². The molecule has 23 heteroatoms. The summed E-state index contributed by atoms with van der Waals surface area (Å²) >= 11 is 0. The minimum atomic E-state index is -1.77. The van der Waals surface area contributed by atoms with E-state index < -0.39 is 140 Å². The van der Waals surface area contributed by atoms with Crippen molar-refractivity contribution in [3.63, 3.8) is 0 Å². The van der Waals surface area contributed by atoms with E-state index in [9.17, 15) is 45.6 Å². The van der Waals surface area contributed by atoms with E-state index in [-0.39, 0.29) is 45.5 Å². The Hall–Kier alpha value is -1.37. The second-order valence-corrected chi connectivity index (χ2v) is 14.6. The Morgan fingerprint density at radius 3 is 1.83 bits per heavy atom. The molecule has 3 saturated heterocycles. The van der Waals surface area contributed by atoms with Gasteiger partial charge >= 0.3 is 0 Å². The van der Waals surface area contributed by atoms with Crippen LogP contribution in [0.1, 0.15) is 19.3 Å². The zero-order chi connectivity index (χ0) is 38.9. The molecule has 53 heavy (non-hydrogen) atoms. The molecule has 0 aromatic heterocycles. The van der Waals surface area contributed by atoms with Gasteiger partial charge in [-0.15, -0.1) is 0 Å². The van der Waals surface area contributed by atoms with E-state index >= 15 is 0 Å². The van der Waals surface area contributed by atoms with Crippen LogP contribution >= 0.6 is 0 Å². The van der Waals surface area contributed by atoms with Crippen molar-refractivity contribution in [1.82, 2.24) is 10.6 Å². The third kappa shape index (κ3) is 8.96. The molecule has 3 heterocycles. The average Bonchev–Trinajstić information content (AvgIpc) is 3.41. The van der Waals surface area contributed by atoms with Crippen LogP contribution in [0.2, 0.25) is 0 Å². The lowest BCUT2D eigenvalue weighted by atomic mass is 9.75. The first kappa shape index (κ1) is 42.8. The van der Waals surface area contributed by atoms with E-state index in [4.69, 9.17) is 62.2 Å². The summed E-state index contributed by atoms with van der Waals surface area (Å²) in [6.45, 7) is -1.01. The predicted octanol–water partition coefficient (Wildman–Crippen LogP) is -10.3. The van der Waals surface area contributed by atoms with Crippen molar-refractivity contribution in [2.75, 3.05) is 32.8 Å². The van der Waals surface area contributed by atoms with E-state index in [1.54, 1.807) is 0 Å². The summed E-state index contributed by atoms with van der Waals surface area (Å²) in [4.78, 5) is 13.1. The maximum absolute atomic E-state index is 13.1. The summed E-state index contributed by atoms with van der Waals surface area (Å²) in [6, 6.07) is -5.27. The van der Waals surface area contributed by atoms with Crippen molar-refractivity contribution in [1.29, 1.82) is 0 Å². The maximum Gasteiger partial charge on any atom is 0.252 e. The molecular weight excluding hydrogens is 714 g/mol. The third-order valence-corrected chi connectivity index (χ3v) is 10.7. The zero-order valence-electron chi connectivity index (χ0n) is 29.0. The van der Waals surface area contributed by atoms with E-state index in [0.717, 1.165) is 0 Å². The quantitative estimate of drug-likeness (QED) is 0.0729. The highest BCUT2D eigenvalue weighted by Crippen LogP contribution is 2.36. The van der Waals surface area contributed by atoms with Gasteiger partial charge in [0.2, 0.25) is 0 Å². The molecule has 23 nitrogen and oxygen atoms in total. The first-order valence-corrected chi connectivity index (χ1v) is 17.7. The van der Waals surface area contributed by atoms with Gasteiger partial charge in [0.05, 0.1) is 31.3 Å². The molecule has 0 radical (unpaired) electrons. The Balaban J connectivity index is 1.36.